The third-order valence-corrected chi connectivity index (χ3v) is 7.58. The van der Waals surface area contributed by atoms with Gasteiger partial charge >= 0.3 is 11.9 Å². The van der Waals surface area contributed by atoms with Crippen molar-refractivity contribution in [3.63, 3.8) is 0 Å². The smallest absolute Gasteiger partial charge is 0.339 e. The van der Waals surface area contributed by atoms with Gasteiger partial charge in [0.1, 0.15) is 12.5 Å². The quantitative estimate of drug-likeness (QED) is 0.485. The maximum atomic E-state index is 13.1. The van der Waals surface area contributed by atoms with Gasteiger partial charge in [0.05, 0.1) is 0 Å². The van der Waals surface area contributed by atoms with E-state index < -0.39 is 48.8 Å². The number of nitrogens with zero attached hydrogens (tertiary/aromatic N) is 2. The molecular weight excluding hydrogens is 488 g/mol. The number of rotatable bonds is 8. The molecule has 2 aromatic carbocycles. The SMILES string of the molecule is O=C1O[C@@H]2[C@@H](OC(=O)[C@@H]2OC(c2ccccc2)N2CCNCC2)[C@H]1OC(c1ccccc1)N1CCNCC1. The Morgan fingerprint density at radius 3 is 1.37 bits per heavy atom. The molecule has 2 unspecified atom stereocenters. The zero-order chi connectivity index (χ0) is 25.9. The fourth-order valence-corrected chi connectivity index (χ4v) is 5.64. The van der Waals surface area contributed by atoms with Gasteiger partial charge in [-0.25, -0.2) is 9.59 Å². The average molecular weight is 523 g/mol. The monoisotopic (exact) mass is 522 g/mol. The molecule has 0 radical (unpaired) electrons. The van der Waals surface area contributed by atoms with Gasteiger partial charge < -0.3 is 29.6 Å². The van der Waals surface area contributed by atoms with E-state index in [2.05, 4.69) is 20.4 Å². The first kappa shape index (κ1) is 25.4. The van der Waals surface area contributed by atoms with Crippen molar-refractivity contribution >= 4 is 11.9 Å². The van der Waals surface area contributed by atoms with Crippen molar-refractivity contribution in [1.29, 1.82) is 0 Å². The highest BCUT2D eigenvalue weighted by atomic mass is 16.7. The summed E-state index contributed by atoms with van der Waals surface area (Å²) in [7, 11) is 0. The van der Waals surface area contributed by atoms with Gasteiger partial charge in [-0.1, -0.05) is 60.7 Å². The lowest BCUT2D eigenvalue weighted by Gasteiger charge is -2.36. The molecule has 4 fully saturated rings. The number of fused-ring (bicyclic) bond motifs is 1. The van der Waals surface area contributed by atoms with Crippen LogP contribution in [0.25, 0.3) is 0 Å². The molecule has 6 atom stereocenters. The number of esters is 2. The average Bonchev–Trinajstić information content (AvgIpc) is 3.44. The Morgan fingerprint density at radius 2 is 1.00 bits per heavy atom. The van der Waals surface area contributed by atoms with Crippen LogP contribution in [0.3, 0.4) is 0 Å². The molecule has 4 aliphatic rings. The van der Waals surface area contributed by atoms with Crippen LogP contribution in [0.2, 0.25) is 0 Å². The first-order chi connectivity index (χ1) is 18.7. The lowest BCUT2D eigenvalue weighted by molar-refractivity contribution is -0.182. The molecule has 2 N–H and O–H groups in total. The molecule has 10 heteroatoms. The van der Waals surface area contributed by atoms with Gasteiger partial charge in [0.15, 0.2) is 24.4 Å². The highest BCUT2D eigenvalue weighted by molar-refractivity contribution is 5.85. The van der Waals surface area contributed by atoms with E-state index >= 15 is 0 Å². The number of hydrogen-bond donors (Lipinski definition) is 2. The van der Waals surface area contributed by atoms with Crippen molar-refractivity contribution in [2.75, 3.05) is 52.4 Å². The summed E-state index contributed by atoms with van der Waals surface area (Å²) in [5.74, 6) is -1.06. The number of carbonyl (C=O) groups excluding carboxylic acids is 2. The second-order valence-electron chi connectivity index (χ2n) is 10.0. The summed E-state index contributed by atoms with van der Waals surface area (Å²) in [6.07, 6.45) is -4.74. The van der Waals surface area contributed by atoms with Crippen LogP contribution in [0.4, 0.5) is 0 Å². The number of hydrogen-bond acceptors (Lipinski definition) is 10. The summed E-state index contributed by atoms with van der Waals surface area (Å²) < 4.78 is 24.3. The number of carbonyl (C=O) groups is 2. The Hall–Kier alpha value is -2.86. The van der Waals surface area contributed by atoms with Gasteiger partial charge in [0, 0.05) is 52.4 Å². The third kappa shape index (κ3) is 5.20. The van der Waals surface area contributed by atoms with E-state index in [9.17, 15) is 9.59 Å². The number of piperazine rings is 2. The van der Waals surface area contributed by atoms with Crippen LogP contribution in [0, 0.1) is 0 Å². The summed E-state index contributed by atoms with van der Waals surface area (Å²) in [4.78, 5) is 30.6. The van der Waals surface area contributed by atoms with Crippen molar-refractivity contribution in [1.82, 2.24) is 20.4 Å². The molecule has 0 aromatic heterocycles. The third-order valence-electron chi connectivity index (χ3n) is 7.58. The van der Waals surface area contributed by atoms with E-state index in [-0.39, 0.29) is 0 Å². The minimum atomic E-state index is -1.04. The van der Waals surface area contributed by atoms with Crippen LogP contribution >= 0.6 is 0 Å². The Balaban J connectivity index is 1.22. The van der Waals surface area contributed by atoms with Gasteiger partial charge in [-0.3, -0.25) is 9.80 Å². The van der Waals surface area contributed by atoms with Crippen LogP contribution in [-0.4, -0.2) is 98.5 Å². The predicted molar refractivity (Wildman–Crippen MR) is 137 cm³/mol. The Kier molecular flexibility index (Phi) is 7.68. The summed E-state index contributed by atoms with van der Waals surface area (Å²) in [6.45, 7) is 6.37. The Labute approximate surface area is 222 Å². The zero-order valence-electron chi connectivity index (χ0n) is 21.2. The molecule has 38 heavy (non-hydrogen) atoms. The molecular formula is C28H34N4O6. The molecule has 0 saturated carbocycles. The van der Waals surface area contributed by atoms with Gasteiger partial charge in [-0.2, -0.15) is 0 Å². The fourth-order valence-electron chi connectivity index (χ4n) is 5.64. The largest absolute Gasteiger partial charge is 0.453 e. The van der Waals surface area contributed by atoms with Gasteiger partial charge in [-0.05, 0) is 11.1 Å². The van der Waals surface area contributed by atoms with Gasteiger partial charge in [0.25, 0.3) is 0 Å². The van der Waals surface area contributed by atoms with Crippen LogP contribution in [-0.2, 0) is 28.5 Å². The second-order valence-corrected chi connectivity index (χ2v) is 10.0. The minimum Gasteiger partial charge on any atom is -0.453 e. The lowest BCUT2D eigenvalue weighted by Crippen LogP contribution is -2.48. The fraction of sp³-hybridized carbons (Fsp3) is 0.500. The standard InChI is InChI=1S/C28H34N4O6/c33-27-23(35-25(19-7-3-1-4-8-19)31-15-11-29-12-16-31)21-22(38-27)24(28(34)37-21)36-26(20-9-5-2-6-10-20)32-17-13-30-14-18-32/h1-10,21-26,29-30H,11-18H2/t21-,22-,23-,24-,25?,26?/m1/s1. The van der Waals surface area contributed by atoms with E-state index in [0.717, 1.165) is 63.5 Å². The number of nitrogens with one attached hydrogen (secondary N) is 2. The van der Waals surface area contributed by atoms with E-state index in [4.69, 9.17) is 18.9 Å². The Morgan fingerprint density at radius 1 is 0.632 bits per heavy atom. The molecule has 4 heterocycles. The summed E-state index contributed by atoms with van der Waals surface area (Å²) >= 11 is 0. The summed E-state index contributed by atoms with van der Waals surface area (Å²) in [5.41, 5.74) is 1.87. The molecule has 202 valence electrons. The van der Waals surface area contributed by atoms with Crippen molar-refractivity contribution in [3.8, 4) is 0 Å². The van der Waals surface area contributed by atoms with Gasteiger partial charge in [-0.15, -0.1) is 0 Å². The second kappa shape index (κ2) is 11.5. The highest BCUT2D eigenvalue weighted by Gasteiger charge is 2.61. The summed E-state index contributed by atoms with van der Waals surface area (Å²) in [5, 5.41) is 6.70. The van der Waals surface area contributed by atoms with E-state index in [1.165, 1.54) is 0 Å². The van der Waals surface area contributed by atoms with E-state index in [1.54, 1.807) is 0 Å². The van der Waals surface area contributed by atoms with Crippen molar-refractivity contribution in [2.24, 2.45) is 0 Å². The topological polar surface area (TPSA) is 102 Å². The molecule has 6 rings (SSSR count). The number of ether oxygens (including phenoxy) is 4. The normalized spacial score (nSPS) is 29.9. The van der Waals surface area contributed by atoms with Crippen molar-refractivity contribution in [2.45, 2.75) is 36.9 Å². The zero-order valence-corrected chi connectivity index (χ0v) is 21.2. The van der Waals surface area contributed by atoms with Crippen LogP contribution in [0.15, 0.2) is 60.7 Å². The van der Waals surface area contributed by atoms with Crippen LogP contribution < -0.4 is 10.6 Å². The van der Waals surface area contributed by atoms with Crippen LogP contribution in [0.1, 0.15) is 23.6 Å². The van der Waals surface area contributed by atoms with E-state index in [1.807, 2.05) is 60.7 Å². The van der Waals surface area contributed by atoms with Crippen molar-refractivity contribution in [3.05, 3.63) is 71.8 Å². The molecule has 0 amide bonds. The molecule has 4 aliphatic heterocycles. The molecule has 0 spiro atoms. The molecule has 0 aliphatic carbocycles. The van der Waals surface area contributed by atoms with E-state index in [0.29, 0.717) is 0 Å². The van der Waals surface area contributed by atoms with Gasteiger partial charge in [0.2, 0.25) is 0 Å². The minimum absolute atomic E-state index is 0.466. The number of benzene rings is 2. The highest BCUT2D eigenvalue weighted by Crippen LogP contribution is 2.38. The maximum absolute atomic E-state index is 13.1. The molecule has 10 nitrogen and oxygen atoms in total. The summed E-state index contributed by atoms with van der Waals surface area (Å²) in [6, 6.07) is 19.6. The Bertz CT molecular complexity index is 1010. The molecule has 2 aromatic rings. The molecule has 4 saturated heterocycles. The van der Waals surface area contributed by atoms with Crippen molar-refractivity contribution < 1.29 is 28.5 Å². The first-order valence-electron chi connectivity index (χ1n) is 13.4. The van der Waals surface area contributed by atoms with Crippen LogP contribution in [0.5, 0.6) is 0 Å². The molecule has 0 bridgehead atoms. The predicted octanol–water partition coefficient (Wildman–Crippen LogP) is 0.816. The lowest BCUT2D eigenvalue weighted by atomic mass is 10.1. The maximum Gasteiger partial charge on any atom is 0.339 e. The first-order valence-corrected chi connectivity index (χ1v) is 13.4.